The number of amidine groups is 1. The first-order valence-electron chi connectivity index (χ1n) is 5.96. The van der Waals surface area contributed by atoms with E-state index in [9.17, 15) is 4.79 Å². The lowest BCUT2D eigenvalue weighted by Crippen LogP contribution is -2.12. The molecular formula is C15H14N2O3. The molecule has 1 atom stereocenters. The summed E-state index contributed by atoms with van der Waals surface area (Å²) in [6.07, 6.45) is -0.808. The Morgan fingerprint density at radius 1 is 1.10 bits per heavy atom. The van der Waals surface area contributed by atoms with Crippen molar-refractivity contribution in [3.05, 3.63) is 65.7 Å². The third kappa shape index (κ3) is 3.35. The second-order valence-electron chi connectivity index (χ2n) is 4.03. The lowest BCUT2D eigenvalue weighted by atomic mass is 10.2. The molecule has 0 aromatic heterocycles. The molecule has 0 saturated carbocycles. The molecule has 0 fully saturated rings. The average Bonchev–Trinajstić information content (AvgIpc) is 2.48. The van der Waals surface area contributed by atoms with E-state index in [1.807, 2.05) is 18.2 Å². The summed E-state index contributed by atoms with van der Waals surface area (Å²) in [5.74, 6) is 0.506. The highest BCUT2D eigenvalue weighted by Gasteiger charge is 2.13. The maximum absolute atomic E-state index is 10.6. The van der Waals surface area contributed by atoms with E-state index in [0.29, 0.717) is 17.8 Å². The standard InChI is InChI=1S/C15H14N2O3/c16-14(17)11-6-8-13(9-7-11)20-15(19-10-18)12-4-2-1-3-5-12/h1-10,15H,(H3,16,17). The lowest BCUT2D eigenvalue weighted by Gasteiger charge is -2.17. The Labute approximate surface area is 116 Å². The number of carbonyl (C=O) groups excluding carboxylic acids is 1. The number of nitrogen functional groups attached to an aromatic ring is 1. The van der Waals surface area contributed by atoms with Gasteiger partial charge in [0.1, 0.15) is 11.6 Å². The van der Waals surface area contributed by atoms with Gasteiger partial charge < -0.3 is 15.2 Å². The zero-order valence-corrected chi connectivity index (χ0v) is 10.7. The molecule has 2 aromatic carbocycles. The normalized spacial score (nSPS) is 11.4. The van der Waals surface area contributed by atoms with E-state index >= 15 is 0 Å². The molecule has 0 amide bonds. The monoisotopic (exact) mass is 270 g/mol. The number of hydrogen-bond acceptors (Lipinski definition) is 4. The molecule has 0 radical (unpaired) electrons. The Kier molecular flexibility index (Phi) is 4.34. The Balaban J connectivity index is 2.16. The van der Waals surface area contributed by atoms with Crippen molar-refractivity contribution < 1.29 is 14.3 Å². The number of nitrogens with one attached hydrogen (secondary N) is 1. The Morgan fingerprint density at radius 2 is 1.75 bits per heavy atom. The first-order valence-corrected chi connectivity index (χ1v) is 5.96. The molecule has 102 valence electrons. The summed E-state index contributed by atoms with van der Waals surface area (Å²) in [5.41, 5.74) is 6.71. The Morgan fingerprint density at radius 3 is 2.30 bits per heavy atom. The van der Waals surface area contributed by atoms with Gasteiger partial charge in [-0.2, -0.15) is 0 Å². The maximum atomic E-state index is 10.6. The molecule has 0 bridgehead atoms. The van der Waals surface area contributed by atoms with Crippen molar-refractivity contribution in [2.24, 2.45) is 5.73 Å². The topological polar surface area (TPSA) is 85.4 Å². The van der Waals surface area contributed by atoms with Crippen LogP contribution in [0.15, 0.2) is 54.6 Å². The number of benzene rings is 2. The van der Waals surface area contributed by atoms with Gasteiger partial charge in [-0.05, 0) is 24.3 Å². The summed E-state index contributed by atoms with van der Waals surface area (Å²) in [6.45, 7) is 0.349. The van der Waals surface area contributed by atoms with Gasteiger partial charge in [-0.25, -0.2) is 0 Å². The first-order chi connectivity index (χ1) is 9.70. The highest BCUT2D eigenvalue weighted by atomic mass is 16.7. The summed E-state index contributed by atoms with van der Waals surface area (Å²) in [5, 5.41) is 7.31. The molecule has 20 heavy (non-hydrogen) atoms. The SMILES string of the molecule is N=C(N)c1ccc(OC(OC=O)c2ccccc2)cc1. The van der Waals surface area contributed by atoms with Crippen molar-refractivity contribution in [2.45, 2.75) is 6.29 Å². The van der Waals surface area contributed by atoms with Crippen molar-refractivity contribution in [3.8, 4) is 5.75 Å². The molecule has 0 aliphatic heterocycles. The summed E-state index contributed by atoms with van der Waals surface area (Å²) >= 11 is 0. The van der Waals surface area contributed by atoms with Crippen LogP contribution >= 0.6 is 0 Å². The smallest absolute Gasteiger partial charge is 0.296 e. The van der Waals surface area contributed by atoms with Crippen LogP contribution in [0.25, 0.3) is 0 Å². The average molecular weight is 270 g/mol. The zero-order chi connectivity index (χ0) is 14.4. The number of carbonyl (C=O) groups is 1. The van der Waals surface area contributed by atoms with Crippen molar-refractivity contribution in [3.63, 3.8) is 0 Å². The van der Waals surface area contributed by atoms with Crippen molar-refractivity contribution >= 4 is 12.3 Å². The van der Waals surface area contributed by atoms with E-state index in [2.05, 4.69) is 0 Å². The van der Waals surface area contributed by atoms with Gasteiger partial charge >= 0.3 is 0 Å². The number of rotatable bonds is 6. The van der Waals surface area contributed by atoms with Gasteiger partial charge in [0.15, 0.2) is 0 Å². The molecular weight excluding hydrogens is 256 g/mol. The van der Waals surface area contributed by atoms with Gasteiger partial charge in [0, 0.05) is 11.1 Å². The minimum absolute atomic E-state index is 0.0136. The van der Waals surface area contributed by atoms with Crippen LogP contribution in [0.4, 0.5) is 0 Å². The molecule has 1 unspecified atom stereocenters. The van der Waals surface area contributed by atoms with Crippen LogP contribution in [0.1, 0.15) is 17.4 Å². The van der Waals surface area contributed by atoms with E-state index < -0.39 is 6.29 Å². The predicted molar refractivity (Wildman–Crippen MR) is 74.4 cm³/mol. The van der Waals surface area contributed by atoms with Gasteiger partial charge in [0.2, 0.25) is 0 Å². The summed E-state index contributed by atoms with van der Waals surface area (Å²) < 4.78 is 10.6. The summed E-state index contributed by atoms with van der Waals surface area (Å²) in [7, 11) is 0. The van der Waals surface area contributed by atoms with E-state index in [0.717, 1.165) is 5.56 Å². The van der Waals surface area contributed by atoms with E-state index in [1.165, 1.54) is 0 Å². The molecule has 5 heteroatoms. The second kappa shape index (κ2) is 6.38. The third-order valence-electron chi connectivity index (χ3n) is 2.66. The fourth-order valence-electron chi connectivity index (χ4n) is 1.67. The quantitative estimate of drug-likeness (QED) is 0.365. The highest BCUT2D eigenvalue weighted by Crippen LogP contribution is 2.22. The van der Waals surface area contributed by atoms with Gasteiger partial charge in [-0.15, -0.1) is 0 Å². The molecule has 0 saturated heterocycles. The van der Waals surface area contributed by atoms with Gasteiger partial charge in [-0.1, -0.05) is 30.3 Å². The fourth-order valence-corrected chi connectivity index (χ4v) is 1.67. The van der Waals surface area contributed by atoms with E-state index in [1.54, 1.807) is 36.4 Å². The molecule has 0 aliphatic carbocycles. The molecule has 0 aliphatic rings. The number of hydrogen-bond donors (Lipinski definition) is 2. The largest absolute Gasteiger partial charge is 0.450 e. The van der Waals surface area contributed by atoms with Crippen LogP contribution < -0.4 is 10.5 Å². The van der Waals surface area contributed by atoms with Crippen molar-refractivity contribution in [1.82, 2.24) is 0 Å². The zero-order valence-electron chi connectivity index (χ0n) is 10.7. The van der Waals surface area contributed by atoms with Crippen LogP contribution in [0, 0.1) is 5.41 Å². The molecule has 0 heterocycles. The third-order valence-corrected chi connectivity index (χ3v) is 2.66. The van der Waals surface area contributed by atoms with E-state index in [4.69, 9.17) is 20.6 Å². The molecule has 2 aromatic rings. The van der Waals surface area contributed by atoms with Gasteiger partial charge in [-0.3, -0.25) is 10.2 Å². The lowest BCUT2D eigenvalue weighted by molar-refractivity contribution is -0.148. The molecule has 2 rings (SSSR count). The van der Waals surface area contributed by atoms with Crippen LogP contribution in [0.5, 0.6) is 5.75 Å². The van der Waals surface area contributed by atoms with Crippen molar-refractivity contribution in [1.29, 1.82) is 5.41 Å². The minimum atomic E-state index is -0.808. The van der Waals surface area contributed by atoms with Crippen LogP contribution in [0.3, 0.4) is 0 Å². The minimum Gasteiger partial charge on any atom is -0.450 e. The van der Waals surface area contributed by atoms with Crippen LogP contribution in [-0.4, -0.2) is 12.3 Å². The van der Waals surface area contributed by atoms with Crippen molar-refractivity contribution in [2.75, 3.05) is 0 Å². The highest BCUT2D eigenvalue weighted by molar-refractivity contribution is 5.94. The van der Waals surface area contributed by atoms with Gasteiger partial charge in [0.25, 0.3) is 12.8 Å². The fraction of sp³-hybridized carbons (Fsp3) is 0.0667. The van der Waals surface area contributed by atoms with Crippen LogP contribution in [-0.2, 0) is 9.53 Å². The Hall–Kier alpha value is -2.82. The Bertz CT molecular complexity index is 582. The summed E-state index contributed by atoms with van der Waals surface area (Å²) in [6, 6.07) is 15.8. The van der Waals surface area contributed by atoms with Gasteiger partial charge in [0.05, 0.1) is 0 Å². The second-order valence-corrected chi connectivity index (χ2v) is 4.03. The van der Waals surface area contributed by atoms with Crippen LogP contribution in [0.2, 0.25) is 0 Å². The predicted octanol–water partition coefficient (Wildman–Crippen LogP) is 2.22. The van der Waals surface area contributed by atoms with E-state index in [-0.39, 0.29) is 5.84 Å². The molecule has 3 N–H and O–H groups in total. The summed E-state index contributed by atoms with van der Waals surface area (Å²) in [4.78, 5) is 10.6. The first kappa shape index (κ1) is 13.6. The number of ether oxygens (including phenoxy) is 2. The molecule has 5 nitrogen and oxygen atoms in total. The molecule has 0 spiro atoms. The maximum Gasteiger partial charge on any atom is 0.296 e. The number of nitrogens with two attached hydrogens (primary N) is 1.